The van der Waals surface area contributed by atoms with Gasteiger partial charge in [0.2, 0.25) is 0 Å². The zero-order chi connectivity index (χ0) is 17.2. The third kappa shape index (κ3) is 4.77. The van der Waals surface area contributed by atoms with Gasteiger partial charge in [0.05, 0.1) is 6.61 Å². The molecule has 1 aromatic carbocycles. The van der Waals surface area contributed by atoms with E-state index in [0.29, 0.717) is 31.6 Å². The summed E-state index contributed by atoms with van der Waals surface area (Å²) in [5, 5.41) is 0. The average Bonchev–Trinajstić information content (AvgIpc) is 2.88. The van der Waals surface area contributed by atoms with Gasteiger partial charge in [-0.15, -0.1) is 0 Å². The number of likely N-dealkylation sites (tertiary alicyclic amines) is 1. The predicted octanol–water partition coefficient (Wildman–Crippen LogP) is 3.74. The summed E-state index contributed by atoms with van der Waals surface area (Å²) in [6.07, 6.45) is 0.267. The summed E-state index contributed by atoms with van der Waals surface area (Å²) in [4.78, 5) is 13.5. The summed E-state index contributed by atoms with van der Waals surface area (Å²) in [6.45, 7) is 6.40. The Balaban J connectivity index is 1.87. The van der Waals surface area contributed by atoms with Crippen LogP contribution >= 0.6 is 0 Å². The Morgan fingerprint density at radius 1 is 1.22 bits per heavy atom. The molecule has 1 amide bonds. The minimum Gasteiger partial charge on any atom is -0.490 e. The number of carbonyl (C=O) groups excluding carboxylic acids is 1. The summed E-state index contributed by atoms with van der Waals surface area (Å²) >= 11 is 0. The van der Waals surface area contributed by atoms with Crippen LogP contribution < -0.4 is 4.74 Å². The molecule has 0 saturated carbocycles. The molecule has 1 aliphatic rings. The van der Waals surface area contributed by atoms with Crippen molar-refractivity contribution >= 4 is 6.09 Å². The van der Waals surface area contributed by atoms with Gasteiger partial charge in [-0.2, -0.15) is 0 Å². The smallest absolute Gasteiger partial charge is 0.410 e. The van der Waals surface area contributed by atoms with Crippen molar-refractivity contribution in [3.8, 4) is 5.75 Å². The average molecular weight is 331 g/mol. The van der Waals surface area contributed by atoms with Crippen molar-refractivity contribution in [1.82, 2.24) is 4.90 Å². The lowest BCUT2D eigenvalue weighted by Gasteiger charge is -2.24. The Bertz CT molecular complexity index is 587. The third-order valence-corrected chi connectivity index (χ3v) is 3.39. The highest BCUT2D eigenvalue weighted by Gasteiger charge is 2.30. The molecule has 1 heterocycles. The maximum Gasteiger partial charge on any atom is 0.410 e. The van der Waals surface area contributed by atoms with Gasteiger partial charge in [-0.05, 0) is 27.2 Å². The second-order valence-electron chi connectivity index (χ2n) is 6.59. The van der Waals surface area contributed by atoms with Gasteiger partial charge in [0.1, 0.15) is 5.60 Å². The first-order chi connectivity index (χ1) is 10.7. The fourth-order valence-electron chi connectivity index (χ4n) is 2.28. The molecule has 0 spiro atoms. The first-order valence-electron chi connectivity index (χ1n) is 7.41. The number of hydrogen-bond acceptors (Lipinski definition) is 3. The van der Waals surface area contributed by atoms with Crippen LogP contribution in [0.2, 0.25) is 0 Å². The molecule has 0 radical (unpaired) electrons. The number of nitrogens with zero attached hydrogens (tertiary/aromatic N) is 1. The quantitative estimate of drug-likeness (QED) is 0.792. The van der Waals surface area contributed by atoms with Gasteiger partial charge in [0, 0.05) is 31.1 Å². The standard InChI is InChI=1S/C16H20F3NO3/c1-16(2,3)23-15(21)20-5-4-10(8-20)9-22-14-7-12(18)11(17)6-13(14)19/h6-7,10H,4-5,8-9H2,1-3H3. The molecule has 1 fully saturated rings. The van der Waals surface area contributed by atoms with Gasteiger partial charge in [-0.3, -0.25) is 0 Å². The van der Waals surface area contributed by atoms with Crippen molar-refractivity contribution in [2.75, 3.05) is 19.7 Å². The lowest BCUT2D eigenvalue weighted by atomic mass is 10.1. The predicted molar refractivity (Wildman–Crippen MR) is 77.7 cm³/mol. The molecule has 2 rings (SSSR count). The van der Waals surface area contributed by atoms with Gasteiger partial charge in [0.15, 0.2) is 23.2 Å². The number of carbonyl (C=O) groups is 1. The zero-order valence-electron chi connectivity index (χ0n) is 13.4. The van der Waals surface area contributed by atoms with Crippen LogP contribution in [0.4, 0.5) is 18.0 Å². The molecule has 4 nitrogen and oxygen atoms in total. The van der Waals surface area contributed by atoms with E-state index in [1.54, 1.807) is 25.7 Å². The molecule has 128 valence electrons. The van der Waals surface area contributed by atoms with E-state index in [-0.39, 0.29) is 18.3 Å². The van der Waals surface area contributed by atoms with E-state index in [0.717, 1.165) is 0 Å². The molecule has 0 aliphatic carbocycles. The number of amides is 1. The lowest BCUT2D eigenvalue weighted by Crippen LogP contribution is -2.35. The van der Waals surface area contributed by atoms with Crippen molar-refractivity contribution in [3.05, 3.63) is 29.6 Å². The minimum atomic E-state index is -1.26. The lowest BCUT2D eigenvalue weighted by molar-refractivity contribution is 0.0284. The normalized spacial score (nSPS) is 18.2. The highest BCUT2D eigenvalue weighted by atomic mass is 19.2. The third-order valence-electron chi connectivity index (χ3n) is 3.39. The van der Waals surface area contributed by atoms with Crippen LogP contribution in [0.3, 0.4) is 0 Å². The van der Waals surface area contributed by atoms with Gasteiger partial charge in [0.25, 0.3) is 0 Å². The van der Waals surface area contributed by atoms with E-state index >= 15 is 0 Å². The van der Waals surface area contributed by atoms with E-state index in [9.17, 15) is 18.0 Å². The maximum absolute atomic E-state index is 13.5. The van der Waals surface area contributed by atoms with Crippen molar-refractivity contribution in [2.24, 2.45) is 5.92 Å². The number of ether oxygens (including phenoxy) is 2. The Hall–Kier alpha value is -1.92. The highest BCUT2D eigenvalue weighted by Crippen LogP contribution is 2.24. The summed E-state index contributed by atoms with van der Waals surface area (Å²) in [6, 6.07) is 1.14. The molecule has 7 heteroatoms. The molecule has 0 aromatic heterocycles. The first kappa shape index (κ1) is 17.4. The molecular formula is C16H20F3NO3. The fourth-order valence-corrected chi connectivity index (χ4v) is 2.28. The van der Waals surface area contributed by atoms with E-state index in [1.807, 2.05) is 0 Å². The summed E-state index contributed by atoms with van der Waals surface area (Å²) in [5.74, 6) is -3.73. The highest BCUT2D eigenvalue weighted by molar-refractivity contribution is 5.68. The molecule has 0 bridgehead atoms. The zero-order valence-corrected chi connectivity index (χ0v) is 13.4. The van der Waals surface area contributed by atoms with Crippen LogP contribution in [0.25, 0.3) is 0 Å². The largest absolute Gasteiger partial charge is 0.490 e. The number of rotatable bonds is 3. The van der Waals surface area contributed by atoms with Crippen molar-refractivity contribution in [3.63, 3.8) is 0 Å². The second-order valence-corrected chi connectivity index (χ2v) is 6.59. The van der Waals surface area contributed by atoms with E-state index < -0.39 is 29.1 Å². The number of benzene rings is 1. The van der Waals surface area contributed by atoms with Gasteiger partial charge in [-0.25, -0.2) is 18.0 Å². The molecule has 1 saturated heterocycles. The van der Waals surface area contributed by atoms with Crippen LogP contribution in [0.15, 0.2) is 12.1 Å². The van der Waals surface area contributed by atoms with Crippen LogP contribution in [0.1, 0.15) is 27.2 Å². The van der Waals surface area contributed by atoms with Gasteiger partial charge in [-0.1, -0.05) is 0 Å². The molecule has 0 N–H and O–H groups in total. The summed E-state index contributed by atoms with van der Waals surface area (Å²) in [5.41, 5.74) is -0.569. The first-order valence-corrected chi connectivity index (χ1v) is 7.41. The van der Waals surface area contributed by atoms with Crippen LogP contribution in [-0.2, 0) is 4.74 Å². The SMILES string of the molecule is CC(C)(C)OC(=O)N1CCC(COc2cc(F)c(F)cc2F)C1. The maximum atomic E-state index is 13.5. The van der Waals surface area contributed by atoms with Crippen molar-refractivity contribution in [1.29, 1.82) is 0 Å². The van der Waals surface area contributed by atoms with Crippen LogP contribution in [0, 0.1) is 23.4 Å². The van der Waals surface area contributed by atoms with Crippen molar-refractivity contribution < 1.29 is 27.4 Å². The van der Waals surface area contributed by atoms with Gasteiger partial charge >= 0.3 is 6.09 Å². The Labute approximate surface area is 133 Å². The topological polar surface area (TPSA) is 38.8 Å². The molecular weight excluding hydrogens is 311 g/mol. The molecule has 1 aliphatic heterocycles. The summed E-state index contributed by atoms with van der Waals surface area (Å²) in [7, 11) is 0. The Morgan fingerprint density at radius 3 is 2.52 bits per heavy atom. The number of halogens is 3. The van der Waals surface area contributed by atoms with Crippen molar-refractivity contribution in [2.45, 2.75) is 32.8 Å². The fraction of sp³-hybridized carbons (Fsp3) is 0.562. The Morgan fingerprint density at radius 2 is 1.87 bits per heavy atom. The second kappa shape index (κ2) is 6.68. The molecule has 1 aromatic rings. The monoisotopic (exact) mass is 331 g/mol. The van der Waals surface area contributed by atoms with Crippen LogP contribution in [0.5, 0.6) is 5.75 Å². The van der Waals surface area contributed by atoms with E-state index in [2.05, 4.69) is 0 Å². The number of hydrogen-bond donors (Lipinski definition) is 0. The molecule has 1 atom stereocenters. The summed E-state index contributed by atoms with van der Waals surface area (Å²) < 4.78 is 49.9. The van der Waals surface area contributed by atoms with Crippen LogP contribution in [-0.4, -0.2) is 36.3 Å². The van der Waals surface area contributed by atoms with E-state index in [1.165, 1.54) is 0 Å². The van der Waals surface area contributed by atoms with Gasteiger partial charge < -0.3 is 14.4 Å². The van der Waals surface area contributed by atoms with E-state index in [4.69, 9.17) is 9.47 Å². The molecule has 23 heavy (non-hydrogen) atoms. The Kier molecular flexibility index (Phi) is 5.06. The minimum absolute atomic E-state index is 0.0185. The molecule has 1 unspecified atom stereocenters.